The number of phenols is 1. The number of aromatic hydroxyl groups is 1. The van der Waals surface area contributed by atoms with E-state index in [0.717, 1.165) is 0 Å². The monoisotopic (exact) mass is 524 g/mol. The van der Waals surface area contributed by atoms with Crippen molar-refractivity contribution in [1.29, 1.82) is 0 Å². The number of aliphatic hydroxyl groups is 1. The lowest BCUT2D eigenvalue weighted by molar-refractivity contribution is -0.142. The topological polar surface area (TPSA) is 277 Å². The molecule has 0 aliphatic heterocycles. The smallest absolute Gasteiger partial charge is 0.326 e. The van der Waals surface area contributed by atoms with Crippen LogP contribution in [0.4, 0.5) is 0 Å². The maximum Gasteiger partial charge on any atom is 0.326 e. The summed E-state index contributed by atoms with van der Waals surface area (Å²) < 4.78 is 0. The number of carbonyl (C=O) groups excluding carboxylic acids is 5. The number of primary amides is 2. The number of hydrogen-bond acceptors (Lipinski definition) is 9. The summed E-state index contributed by atoms with van der Waals surface area (Å²) in [5, 5.41) is 35.1. The quantitative estimate of drug-likeness (QED) is 0.108. The van der Waals surface area contributed by atoms with Crippen molar-refractivity contribution in [2.24, 2.45) is 17.2 Å². The fourth-order valence-electron chi connectivity index (χ4n) is 3.07. The number of phenolic OH excluding ortho intramolecular Hbond substituents is 1. The minimum atomic E-state index is -1.59. The fraction of sp³-hybridized carbons (Fsp3) is 0.455. The van der Waals surface area contributed by atoms with Crippen molar-refractivity contribution in [1.82, 2.24) is 16.0 Å². The molecular formula is C22H32N6O9. The van der Waals surface area contributed by atoms with Crippen molar-refractivity contribution in [3.05, 3.63) is 29.8 Å². The van der Waals surface area contributed by atoms with Crippen LogP contribution < -0.4 is 33.2 Å². The van der Waals surface area contributed by atoms with Gasteiger partial charge in [-0.15, -0.1) is 0 Å². The maximum atomic E-state index is 12.9. The van der Waals surface area contributed by atoms with Crippen molar-refractivity contribution in [3.8, 4) is 5.75 Å². The van der Waals surface area contributed by atoms with Crippen LogP contribution in [-0.4, -0.2) is 81.1 Å². The summed E-state index contributed by atoms with van der Waals surface area (Å²) in [7, 11) is 0. The van der Waals surface area contributed by atoms with Gasteiger partial charge in [-0.2, -0.15) is 0 Å². The summed E-state index contributed by atoms with van der Waals surface area (Å²) in [6, 6.07) is -0.378. The molecule has 5 unspecified atom stereocenters. The van der Waals surface area contributed by atoms with Crippen molar-refractivity contribution in [3.63, 3.8) is 0 Å². The highest BCUT2D eigenvalue weighted by Crippen LogP contribution is 2.12. The predicted octanol–water partition coefficient (Wildman–Crippen LogP) is -3.68. The number of carbonyl (C=O) groups is 6. The van der Waals surface area contributed by atoms with E-state index >= 15 is 0 Å². The van der Waals surface area contributed by atoms with E-state index in [-0.39, 0.29) is 25.0 Å². The summed E-state index contributed by atoms with van der Waals surface area (Å²) in [6.07, 6.45) is -2.84. The molecule has 1 aromatic carbocycles. The Morgan fingerprint density at radius 2 is 1.35 bits per heavy atom. The molecular weight excluding hydrogens is 492 g/mol. The van der Waals surface area contributed by atoms with Gasteiger partial charge in [0.15, 0.2) is 0 Å². The van der Waals surface area contributed by atoms with Crippen LogP contribution in [0.2, 0.25) is 0 Å². The highest BCUT2D eigenvalue weighted by molar-refractivity contribution is 5.96. The van der Waals surface area contributed by atoms with Crippen molar-refractivity contribution in [2.45, 2.75) is 62.9 Å². The van der Waals surface area contributed by atoms with E-state index in [4.69, 9.17) is 17.2 Å². The molecule has 1 aromatic rings. The Morgan fingerprint density at radius 3 is 1.84 bits per heavy atom. The Labute approximate surface area is 211 Å². The minimum Gasteiger partial charge on any atom is -0.508 e. The minimum absolute atomic E-state index is 0.0408. The van der Waals surface area contributed by atoms with Gasteiger partial charge in [0.2, 0.25) is 29.5 Å². The molecule has 5 amide bonds. The normalized spacial score (nSPS) is 14.8. The number of nitrogens with two attached hydrogens (primary N) is 3. The summed E-state index contributed by atoms with van der Waals surface area (Å²) >= 11 is 0. The number of aliphatic carboxylic acids is 1. The van der Waals surface area contributed by atoms with E-state index in [1.54, 1.807) is 0 Å². The highest BCUT2D eigenvalue weighted by atomic mass is 16.4. The molecule has 5 atom stereocenters. The van der Waals surface area contributed by atoms with E-state index in [9.17, 15) is 44.1 Å². The molecule has 0 heterocycles. The molecule has 0 radical (unpaired) electrons. The van der Waals surface area contributed by atoms with Crippen molar-refractivity contribution >= 4 is 35.5 Å². The first-order valence-electron chi connectivity index (χ1n) is 11.1. The molecule has 0 spiro atoms. The molecule has 204 valence electrons. The first-order valence-corrected chi connectivity index (χ1v) is 11.1. The third-order valence-corrected chi connectivity index (χ3v) is 5.16. The van der Waals surface area contributed by atoms with Crippen LogP contribution in [0.3, 0.4) is 0 Å². The lowest BCUT2D eigenvalue weighted by Crippen LogP contribution is -2.58. The molecule has 0 bridgehead atoms. The van der Waals surface area contributed by atoms with Gasteiger partial charge in [-0.3, -0.25) is 24.0 Å². The van der Waals surface area contributed by atoms with Crippen LogP contribution in [0.25, 0.3) is 0 Å². The standard InChI is InChI=1S/C22H32N6O9/c1-10(29)18(25)21(35)27-14(9-17(24)32)20(34)26-13(6-7-16(23)31)19(33)28-15(22(36)37)8-11-2-4-12(30)5-3-11/h2-5,10,13-15,18,29-30H,6-9,25H2,1H3,(H2,23,31)(H2,24,32)(H,26,34)(H,27,35)(H,28,33)(H,36,37). The SMILES string of the molecule is CC(O)C(N)C(=O)NC(CC(N)=O)C(=O)NC(CCC(N)=O)C(=O)NC(Cc1ccc(O)cc1)C(=O)O. The molecule has 15 heteroatoms. The number of hydrogen-bond donors (Lipinski definition) is 9. The molecule has 0 saturated carbocycles. The van der Waals surface area contributed by atoms with Crippen LogP contribution in [0.5, 0.6) is 5.75 Å². The van der Waals surface area contributed by atoms with E-state index in [0.29, 0.717) is 5.56 Å². The number of carboxylic acid groups (broad SMARTS) is 1. The molecule has 0 aliphatic rings. The third kappa shape index (κ3) is 10.9. The number of rotatable bonds is 15. The van der Waals surface area contributed by atoms with Crippen LogP contribution in [0, 0.1) is 0 Å². The molecule has 15 nitrogen and oxygen atoms in total. The van der Waals surface area contributed by atoms with Gasteiger partial charge in [-0.1, -0.05) is 12.1 Å². The van der Waals surface area contributed by atoms with E-state index in [1.807, 2.05) is 0 Å². The average Bonchev–Trinajstić information content (AvgIpc) is 2.80. The van der Waals surface area contributed by atoms with Gasteiger partial charge in [0.1, 0.15) is 29.9 Å². The summed E-state index contributed by atoms with van der Waals surface area (Å²) in [5.74, 6) is -6.24. The molecule has 37 heavy (non-hydrogen) atoms. The zero-order valence-electron chi connectivity index (χ0n) is 20.0. The first kappa shape index (κ1) is 30.8. The van der Waals surface area contributed by atoms with Crippen LogP contribution >= 0.6 is 0 Å². The molecule has 0 fully saturated rings. The highest BCUT2D eigenvalue weighted by Gasteiger charge is 2.32. The number of nitrogens with one attached hydrogen (secondary N) is 3. The second-order valence-electron chi connectivity index (χ2n) is 8.33. The van der Waals surface area contributed by atoms with Gasteiger partial charge in [-0.25, -0.2) is 4.79 Å². The molecule has 0 aliphatic carbocycles. The second kappa shape index (κ2) is 14.4. The number of benzene rings is 1. The van der Waals surface area contributed by atoms with E-state index in [2.05, 4.69) is 16.0 Å². The summed E-state index contributed by atoms with van der Waals surface area (Å²) in [4.78, 5) is 72.4. The zero-order valence-corrected chi connectivity index (χ0v) is 20.0. The predicted molar refractivity (Wildman–Crippen MR) is 127 cm³/mol. The lowest BCUT2D eigenvalue weighted by Gasteiger charge is -2.25. The second-order valence-corrected chi connectivity index (χ2v) is 8.33. The zero-order chi connectivity index (χ0) is 28.3. The average molecular weight is 525 g/mol. The van der Waals surface area contributed by atoms with Gasteiger partial charge in [0.25, 0.3) is 0 Å². The van der Waals surface area contributed by atoms with Crippen molar-refractivity contribution in [2.75, 3.05) is 0 Å². The number of amides is 5. The van der Waals surface area contributed by atoms with Gasteiger partial charge >= 0.3 is 5.97 Å². The Balaban J connectivity index is 3.07. The molecule has 12 N–H and O–H groups in total. The maximum absolute atomic E-state index is 12.9. The van der Waals surface area contributed by atoms with Crippen LogP contribution in [0.1, 0.15) is 31.7 Å². The third-order valence-electron chi connectivity index (χ3n) is 5.16. The first-order chi connectivity index (χ1) is 17.2. The largest absolute Gasteiger partial charge is 0.508 e. The van der Waals surface area contributed by atoms with Gasteiger partial charge in [0.05, 0.1) is 12.5 Å². The number of carboxylic acids is 1. The molecule has 1 rings (SSSR count). The van der Waals surface area contributed by atoms with E-state index < -0.39 is 72.2 Å². The van der Waals surface area contributed by atoms with Gasteiger partial charge in [-0.05, 0) is 31.0 Å². The fourth-order valence-corrected chi connectivity index (χ4v) is 3.07. The Kier molecular flexibility index (Phi) is 11.9. The Bertz CT molecular complexity index is 999. The van der Waals surface area contributed by atoms with Crippen LogP contribution in [-0.2, 0) is 35.2 Å². The summed E-state index contributed by atoms with van der Waals surface area (Å²) in [6.45, 7) is 1.23. The van der Waals surface area contributed by atoms with Gasteiger partial charge in [0, 0.05) is 12.8 Å². The summed E-state index contributed by atoms with van der Waals surface area (Å²) in [5.41, 5.74) is 16.3. The molecule has 0 saturated heterocycles. The number of aliphatic hydroxyl groups excluding tert-OH is 1. The van der Waals surface area contributed by atoms with E-state index in [1.165, 1.54) is 31.2 Å². The molecule has 0 aromatic heterocycles. The lowest BCUT2D eigenvalue weighted by atomic mass is 10.0. The Morgan fingerprint density at radius 1 is 0.838 bits per heavy atom. The van der Waals surface area contributed by atoms with Crippen LogP contribution in [0.15, 0.2) is 24.3 Å². The van der Waals surface area contributed by atoms with Crippen molar-refractivity contribution < 1.29 is 44.1 Å². The van der Waals surface area contributed by atoms with Gasteiger partial charge < -0.3 is 48.5 Å². The Hall–Kier alpha value is -4.24.